The third-order valence-corrected chi connectivity index (χ3v) is 5.82. The molecule has 4 rings (SSSR count). The van der Waals surface area contributed by atoms with Gasteiger partial charge in [0.1, 0.15) is 5.75 Å². The Morgan fingerprint density at radius 2 is 2.12 bits per heavy atom. The number of ether oxygens (including phenoxy) is 1. The Hall–Kier alpha value is -3.27. The van der Waals surface area contributed by atoms with Crippen molar-refractivity contribution in [2.75, 3.05) is 33.9 Å². The van der Waals surface area contributed by atoms with E-state index in [9.17, 15) is 9.90 Å². The number of carbonyl (C=O) groups excluding carboxylic acids is 1. The maximum atomic E-state index is 13.4. The fraction of sp³-hybridized carbons (Fsp3) is 0.370. The zero-order valence-corrected chi connectivity index (χ0v) is 19.3. The first-order valence-corrected chi connectivity index (χ1v) is 11.4. The molecule has 33 heavy (non-hydrogen) atoms. The van der Waals surface area contributed by atoms with Crippen molar-refractivity contribution in [3.63, 3.8) is 0 Å². The Morgan fingerprint density at radius 3 is 2.94 bits per heavy atom. The van der Waals surface area contributed by atoms with Gasteiger partial charge < -0.3 is 20.1 Å². The minimum atomic E-state index is -0.415. The first-order chi connectivity index (χ1) is 16.0. The number of aliphatic hydroxyl groups is 1. The maximum Gasteiger partial charge on any atom is 0.255 e. The standard InChI is InChI=1S/C27H31N3O3/c1-30(2)12-7-8-19-14-20-9-5-6-13-33-26(20)24(15-19)27(32)29-22(18-31)16-21-17-28-25-11-4-3-10-23(21)25/h3-4,10-11,14-15,17,22,28,31H,5-6,9,12-13,16,18H2,1-2H3,(H,29,32). The number of nitrogens with one attached hydrogen (secondary N) is 2. The predicted molar refractivity (Wildman–Crippen MR) is 131 cm³/mol. The summed E-state index contributed by atoms with van der Waals surface area (Å²) in [6, 6.07) is 11.5. The summed E-state index contributed by atoms with van der Waals surface area (Å²) in [7, 11) is 3.95. The quantitative estimate of drug-likeness (QED) is 0.510. The van der Waals surface area contributed by atoms with Gasteiger partial charge in [-0.05, 0) is 69.1 Å². The summed E-state index contributed by atoms with van der Waals surface area (Å²) in [6.07, 6.45) is 5.30. The molecule has 0 saturated carbocycles. The number of rotatable bonds is 6. The van der Waals surface area contributed by atoms with E-state index in [4.69, 9.17) is 4.74 Å². The van der Waals surface area contributed by atoms with Gasteiger partial charge in [0.25, 0.3) is 5.91 Å². The van der Waals surface area contributed by atoms with Gasteiger partial charge >= 0.3 is 0 Å². The molecule has 6 nitrogen and oxygen atoms in total. The lowest BCUT2D eigenvalue weighted by Crippen LogP contribution is -2.39. The monoisotopic (exact) mass is 445 g/mol. The minimum absolute atomic E-state index is 0.156. The molecule has 3 N–H and O–H groups in total. The van der Waals surface area contributed by atoms with Gasteiger partial charge in [-0.15, -0.1) is 0 Å². The van der Waals surface area contributed by atoms with Crippen molar-refractivity contribution in [3.8, 4) is 17.6 Å². The average Bonchev–Trinajstić information content (AvgIpc) is 3.05. The topological polar surface area (TPSA) is 77.6 Å². The van der Waals surface area contributed by atoms with Crippen LogP contribution in [0, 0.1) is 11.8 Å². The lowest BCUT2D eigenvalue weighted by Gasteiger charge is -2.19. The number of hydrogen-bond donors (Lipinski definition) is 3. The fourth-order valence-corrected chi connectivity index (χ4v) is 4.17. The van der Waals surface area contributed by atoms with E-state index in [1.807, 2.05) is 61.6 Å². The van der Waals surface area contributed by atoms with Crippen molar-refractivity contribution in [1.82, 2.24) is 15.2 Å². The number of aromatic nitrogens is 1. The molecule has 1 aromatic heterocycles. The van der Waals surface area contributed by atoms with E-state index in [0.29, 0.717) is 30.9 Å². The van der Waals surface area contributed by atoms with E-state index in [2.05, 4.69) is 22.1 Å². The van der Waals surface area contributed by atoms with Gasteiger partial charge in [-0.2, -0.15) is 0 Å². The summed E-state index contributed by atoms with van der Waals surface area (Å²) in [5, 5.41) is 14.1. The number of fused-ring (bicyclic) bond motifs is 2. The molecular weight excluding hydrogens is 414 g/mol. The summed E-state index contributed by atoms with van der Waals surface area (Å²) in [5.41, 5.74) is 4.41. The van der Waals surface area contributed by atoms with Gasteiger partial charge in [0.15, 0.2) is 0 Å². The highest BCUT2D eigenvalue weighted by atomic mass is 16.5. The van der Waals surface area contributed by atoms with Crippen molar-refractivity contribution in [2.45, 2.75) is 31.7 Å². The van der Waals surface area contributed by atoms with E-state index in [1.165, 1.54) is 0 Å². The highest BCUT2D eigenvalue weighted by Crippen LogP contribution is 2.30. The van der Waals surface area contributed by atoms with Crippen molar-refractivity contribution in [3.05, 3.63) is 64.8 Å². The largest absolute Gasteiger partial charge is 0.492 e. The molecule has 2 aromatic carbocycles. The molecule has 1 aliphatic rings. The van der Waals surface area contributed by atoms with Gasteiger partial charge in [-0.1, -0.05) is 30.0 Å². The van der Waals surface area contributed by atoms with E-state index < -0.39 is 6.04 Å². The molecule has 3 aromatic rings. The molecule has 0 aliphatic carbocycles. The molecule has 0 spiro atoms. The van der Waals surface area contributed by atoms with Crippen LogP contribution < -0.4 is 10.1 Å². The Labute approximate surface area is 194 Å². The summed E-state index contributed by atoms with van der Waals surface area (Å²) < 4.78 is 5.99. The first kappa shape index (κ1) is 22.9. The number of amides is 1. The van der Waals surface area contributed by atoms with Crippen LogP contribution in [0.5, 0.6) is 5.75 Å². The van der Waals surface area contributed by atoms with Crippen molar-refractivity contribution < 1.29 is 14.6 Å². The Kier molecular flexibility index (Phi) is 7.33. The number of H-pyrrole nitrogens is 1. The molecule has 0 saturated heterocycles. The van der Waals surface area contributed by atoms with Crippen molar-refractivity contribution in [1.29, 1.82) is 0 Å². The molecule has 0 fully saturated rings. The number of aryl methyl sites for hydroxylation is 1. The van der Waals surface area contributed by atoms with E-state index in [1.54, 1.807) is 0 Å². The second-order valence-corrected chi connectivity index (χ2v) is 8.77. The molecular formula is C27H31N3O3. The van der Waals surface area contributed by atoms with Crippen molar-refractivity contribution in [2.24, 2.45) is 0 Å². The van der Waals surface area contributed by atoms with Crippen LogP contribution in [0.4, 0.5) is 0 Å². The molecule has 1 unspecified atom stereocenters. The summed E-state index contributed by atoms with van der Waals surface area (Å²) in [5.74, 6) is 6.73. The SMILES string of the molecule is CN(C)CC#Cc1cc2c(c(C(=O)NC(CO)Cc3c[nH]c4ccccc34)c1)OCCCC2. The maximum absolute atomic E-state index is 13.4. The molecule has 0 bridgehead atoms. The van der Waals surface area contributed by atoms with Crippen LogP contribution in [-0.4, -0.2) is 60.8 Å². The second kappa shape index (κ2) is 10.6. The molecule has 172 valence electrons. The van der Waals surface area contributed by atoms with E-state index >= 15 is 0 Å². The number of benzene rings is 2. The zero-order chi connectivity index (χ0) is 23.2. The molecule has 0 radical (unpaired) electrons. The lowest BCUT2D eigenvalue weighted by molar-refractivity contribution is 0.0912. The van der Waals surface area contributed by atoms with Crippen molar-refractivity contribution >= 4 is 16.8 Å². The number of carbonyl (C=O) groups is 1. The van der Waals surface area contributed by atoms with Gasteiger partial charge in [-0.3, -0.25) is 9.69 Å². The summed E-state index contributed by atoms with van der Waals surface area (Å²) in [4.78, 5) is 18.6. The van der Waals surface area contributed by atoms with Crippen LogP contribution in [-0.2, 0) is 12.8 Å². The average molecular weight is 446 g/mol. The second-order valence-electron chi connectivity index (χ2n) is 8.77. The highest BCUT2D eigenvalue weighted by Gasteiger charge is 2.22. The lowest BCUT2D eigenvalue weighted by atomic mass is 9.99. The third kappa shape index (κ3) is 5.57. The number of aliphatic hydroxyl groups excluding tert-OH is 1. The van der Waals surface area contributed by atoms with Crippen LogP contribution in [0.25, 0.3) is 10.9 Å². The van der Waals surface area contributed by atoms with Gasteiger partial charge in [-0.25, -0.2) is 0 Å². The molecule has 1 amide bonds. The number of nitrogens with zero attached hydrogens (tertiary/aromatic N) is 1. The van der Waals surface area contributed by atoms with Crippen LogP contribution in [0.1, 0.15) is 39.9 Å². The van der Waals surface area contributed by atoms with E-state index in [0.717, 1.165) is 46.9 Å². The van der Waals surface area contributed by atoms with Gasteiger partial charge in [0, 0.05) is 22.7 Å². The zero-order valence-electron chi connectivity index (χ0n) is 19.3. The van der Waals surface area contributed by atoms with Crippen LogP contribution in [0.3, 0.4) is 0 Å². The smallest absolute Gasteiger partial charge is 0.255 e. The molecule has 2 heterocycles. The summed E-state index contributed by atoms with van der Waals surface area (Å²) in [6.45, 7) is 1.08. The fourth-order valence-electron chi connectivity index (χ4n) is 4.17. The van der Waals surface area contributed by atoms with Crippen LogP contribution in [0.2, 0.25) is 0 Å². The third-order valence-electron chi connectivity index (χ3n) is 5.82. The highest BCUT2D eigenvalue weighted by molar-refractivity contribution is 5.98. The molecule has 1 atom stereocenters. The molecule has 1 aliphatic heterocycles. The Balaban J connectivity index is 1.59. The number of para-hydroxylation sites is 1. The van der Waals surface area contributed by atoms with Crippen LogP contribution in [0.15, 0.2) is 42.6 Å². The number of aromatic amines is 1. The van der Waals surface area contributed by atoms with E-state index in [-0.39, 0.29) is 12.5 Å². The predicted octanol–water partition coefficient (Wildman–Crippen LogP) is 3.13. The first-order valence-electron chi connectivity index (χ1n) is 11.4. The van der Waals surface area contributed by atoms with Crippen LogP contribution >= 0.6 is 0 Å². The summed E-state index contributed by atoms with van der Waals surface area (Å²) >= 11 is 0. The normalized spacial score (nSPS) is 14.1. The minimum Gasteiger partial charge on any atom is -0.492 e. The Bertz CT molecular complexity index is 1190. The van der Waals surface area contributed by atoms with Gasteiger partial charge in [0.05, 0.1) is 31.4 Å². The van der Waals surface area contributed by atoms with Gasteiger partial charge in [0.2, 0.25) is 0 Å². The molecule has 6 heteroatoms. The number of hydrogen-bond acceptors (Lipinski definition) is 4. The Morgan fingerprint density at radius 1 is 1.27 bits per heavy atom.